The molecule has 1 aromatic heterocycles. The van der Waals surface area contributed by atoms with Gasteiger partial charge in [-0.1, -0.05) is 42.4 Å². The number of hydrogen-bond acceptors (Lipinski definition) is 4. The Morgan fingerprint density at radius 2 is 2.00 bits per heavy atom. The van der Waals surface area contributed by atoms with E-state index in [2.05, 4.69) is 46.2 Å². The van der Waals surface area contributed by atoms with Crippen LogP contribution in [0.4, 0.5) is 5.82 Å². The van der Waals surface area contributed by atoms with E-state index >= 15 is 0 Å². The molecule has 0 spiro atoms. The molecular weight excluding hydrogens is 202 g/mol. The van der Waals surface area contributed by atoms with Gasteiger partial charge in [-0.2, -0.15) is 0 Å². The number of nitrogen functional groups attached to an aromatic ring is 1. The van der Waals surface area contributed by atoms with Gasteiger partial charge in [0.25, 0.3) is 0 Å². The molecule has 16 heavy (non-hydrogen) atoms. The van der Waals surface area contributed by atoms with E-state index in [4.69, 9.17) is 5.73 Å². The molecule has 0 radical (unpaired) electrons. The van der Waals surface area contributed by atoms with Gasteiger partial charge in [0.15, 0.2) is 5.82 Å². The maximum atomic E-state index is 5.07. The summed E-state index contributed by atoms with van der Waals surface area (Å²) < 4.78 is 4.34. The second kappa shape index (κ2) is 7.48. The highest BCUT2D eigenvalue weighted by molar-refractivity contribution is 5.21. The summed E-state index contributed by atoms with van der Waals surface area (Å²) in [6.45, 7) is 4.13. The summed E-state index contributed by atoms with van der Waals surface area (Å²) >= 11 is 0. The maximum Gasteiger partial charge on any atom is 0.166 e. The van der Waals surface area contributed by atoms with Crippen LogP contribution in [0, 0.1) is 0 Å². The van der Waals surface area contributed by atoms with Crippen LogP contribution >= 0.6 is 0 Å². The Bertz CT molecular complexity index is 359. The van der Waals surface area contributed by atoms with Crippen molar-refractivity contribution in [2.45, 2.75) is 13.5 Å². The lowest BCUT2D eigenvalue weighted by molar-refractivity contribution is 0.423. The molecule has 4 heteroatoms. The summed E-state index contributed by atoms with van der Waals surface area (Å²) in [6.07, 6.45) is 1.43. The van der Waals surface area contributed by atoms with Gasteiger partial charge in [0, 0.05) is 12.6 Å². The van der Waals surface area contributed by atoms with E-state index in [1.54, 1.807) is 6.07 Å². The minimum absolute atomic E-state index is 0.426. The second-order valence-corrected chi connectivity index (χ2v) is 3.19. The molecule has 0 saturated carbocycles. The largest absolute Gasteiger partial charge is 0.381 e. The summed E-state index contributed by atoms with van der Waals surface area (Å²) in [6, 6.07) is 12.0. The molecule has 86 valence electrons. The van der Waals surface area contributed by atoms with Crippen LogP contribution in [0.25, 0.3) is 0 Å². The predicted molar refractivity (Wildman–Crippen MR) is 64.7 cm³/mol. The van der Waals surface area contributed by atoms with Gasteiger partial charge in [-0.3, -0.25) is 0 Å². The standard InChI is InChI=1S/C9H13N.C3H4N2O/c1-2-10-8-9-6-4-3-5-7-9;4-3-1-2-6-5-3/h3-7,10H,2,8H2,1H3;1-2H,(H2,4,5). The van der Waals surface area contributed by atoms with Crippen molar-refractivity contribution in [1.29, 1.82) is 0 Å². The van der Waals surface area contributed by atoms with Gasteiger partial charge in [0.05, 0.1) is 0 Å². The van der Waals surface area contributed by atoms with E-state index in [1.807, 2.05) is 6.07 Å². The van der Waals surface area contributed by atoms with Crippen molar-refractivity contribution in [3.8, 4) is 0 Å². The molecule has 0 bridgehead atoms. The van der Waals surface area contributed by atoms with Crippen LogP contribution < -0.4 is 11.1 Å². The number of rotatable bonds is 3. The van der Waals surface area contributed by atoms with Gasteiger partial charge >= 0.3 is 0 Å². The Balaban J connectivity index is 0.000000181. The first-order chi connectivity index (χ1) is 7.83. The van der Waals surface area contributed by atoms with Crippen molar-refractivity contribution in [3.63, 3.8) is 0 Å². The quantitative estimate of drug-likeness (QED) is 0.829. The first-order valence-electron chi connectivity index (χ1n) is 5.23. The Morgan fingerprint density at radius 1 is 1.25 bits per heavy atom. The summed E-state index contributed by atoms with van der Waals surface area (Å²) in [5.74, 6) is 0.426. The second-order valence-electron chi connectivity index (χ2n) is 3.19. The van der Waals surface area contributed by atoms with Gasteiger partial charge in [-0.05, 0) is 12.1 Å². The summed E-state index contributed by atoms with van der Waals surface area (Å²) in [5, 5.41) is 6.58. The molecule has 0 aliphatic carbocycles. The maximum absolute atomic E-state index is 5.07. The minimum atomic E-state index is 0.426. The highest BCUT2D eigenvalue weighted by atomic mass is 16.5. The molecule has 2 aromatic rings. The highest BCUT2D eigenvalue weighted by Crippen LogP contribution is 1.96. The van der Waals surface area contributed by atoms with Gasteiger partial charge in [-0.15, -0.1) is 0 Å². The molecule has 2 rings (SSSR count). The highest BCUT2D eigenvalue weighted by Gasteiger charge is 1.85. The molecular formula is C12H17N3O. The van der Waals surface area contributed by atoms with E-state index in [1.165, 1.54) is 11.8 Å². The fourth-order valence-electron chi connectivity index (χ4n) is 1.09. The lowest BCUT2D eigenvalue weighted by atomic mass is 10.2. The minimum Gasteiger partial charge on any atom is -0.381 e. The van der Waals surface area contributed by atoms with Crippen molar-refractivity contribution >= 4 is 5.82 Å². The van der Waals surface area contributed by atoms with Crippen molar-refractivity contribution in [2.75, 3.05) is 12.3 Å². The van der Waals surface area contributed by atoms with E-state index in [9.17, 15) is 0 Å². The van der Waals surface area contributed by atoms with E-state index in [-0.39, 0.29) is 0 Å². The van der Waals surface area contributed by atoms with Gasteiger partial charge < -0.3 is 15.6 Å². The number of nitrogens with two attached hydrogens (primary N) is 1. The Labute approximate surface area is 95.4 Å². The Kier molecular flexibility index (Phi) is 5.73. The zero-order valence-electron chi connectivity index (χ0n) is 9.39. The van der Waals surface area contributed by atoms with Crippen LogP contribution in [0.3, 0.4) is 0 Å². The van der Waals surface area contributed by atoms with E-state index in [0.29, 0.717) is 5.82 Å². The smallest absolute Gasteiger partial charge is 0.166 e. The number of anilines is 1. The van der Waals surface area contributed by atoms with E-state index < -0.39 is 0 Å². The third-order valence-electron chi connectivity index (χ3n) is 1.88. The zero-order chi connectivity index (χ0) is 11.6. The molecule has 4 nitrogen and oxygen atoms in total. The van der Waals surface area contributed by atoms with Gasteiger partial charge in [0.1, 0.15) is 6.26 Å². The summed E-state index contributed by atoms with van der Waals surface area (Å²) in [4.78, 5) is 0. The molecule has 0 atom stereocenters. The molecule has 0 fully saturated rings. The van der Waals surface area contributed by atoms with Crippen LogP contribution in [0.5, 0.6) is 0 Å². The SMILES string of the molecule is CCNCc1ccccc1.Nc1ccon1. The van der Waals surface area contributed by atoms with Crippen molar-refractivity contribution in [2.24, 2.45) is 0 Å². The number of aromatic nitrogens is 1. The monoisotopic (exact) mass is 219 g/mol. The number of nitrogens with one attached hydrogen (secondary N) is 1. The molecule has 0 aliphatic rings. The Hall–Kier alpha value is -1.81. The van der Waals surface area contributed by atoms with E-state index in [0.717, 1.165) is 13.1 Å². The van der Waals surface area contributed by atoms with Crippen LogP contribution in [0.1, 0.15) is 12.5 Å². The number of benzene rings is 1. The topological polar surface area (TPSA) is 64.1 Å². The average molecular weight is 219 g/mol. The van der Waals surface area contributed by atoms with Crippen LogP contribution in [-0.4, -0.2) is 11.7 Å². The fraction of sp³-hybridized carbons (Fsp3) is 0.250. The molecule has 3 N–H and O–H groups in total. The normalized spacial score (nSPS) is 9.31. The fourth-order valence-corrected chi connectivity index (χ4v) is 1.09. The molecule has 1 heterocycles. The van der Waals surface area contributed by atoms with Crippen LogP contribution in [0.15, 0.2) is 47.2 Å². The molecule has 0 aliphatic heterocycles. The average Bonchev–Trinajstić information content (AvgIpc) is 2.80. The third-order valence-corrected chi connectivity index (χ3v) is 1.88. The molecule has 0 amide bonds. The first-order valence-corrected chi connectivity index (χ1v) is 5.23. The molecule has 0 saturated heterocycles. The van der Waals surface area contributed by atoms with Crippen molar-refractivity contribution in [1.82, 2.24) is 10.5 Å². The van der Waals surface area contributed by atoms with Crippen molar-refractivity contribution in [3.05, 3.63) is 48.2 Å². The third kappa shape index (κ3) is 5.17. The lowest BCUT2D eigenvalue weighted by Crippen LogP contribution is -2.11. The van der Waals surface area contributed by atoms with Gasteiger partial charge in [-0.25, -0.2) is 0 Å². The number of nitrogens with zero attached hydrogens (tertiary/aromatic N) is 1. The van der Waals surface area contributed by atoms with Crippen LogP contribution in [-0.2, 0) is 6.54 Å². The molecule has 0 unspecified atom stereocenters. The summed E-state index contributed by atoms with van der Waals surface area (Å²) in [5.41, 5.74) is 6.42. The van der Waals surface area contributed by atoms with Gasteiger partial charge in [0.2, 0.25) is 0 Å². The van der Waals surface area contributed by atoms with Crippen molar-refractivity contribution < 1.29 is 4.52 Å². The zero-order valence-corrected chi connectivity index (χ0v) is 9.39. The Morgan fingerprint density at radius 3 is 2.44 bits per heavy atom. The first kappa shape index (κ1) is 12.3. The van der Waals surface area contributed by atoms with Crippen LogP contribution in [0.2, 0.25) is 0 Å². The number of hydrogen-bond donors (Lipinski definition) is 2. The molecule has 1 aromatic carbocycles. The predicted octanol–water partition coefficient (Wildman–Crippen LogP) is 2.05. The lowest BCUT2D eigenvalue weighted by Gasteiger charge is -1.99. The summed E-state index contributed by atoms with van der Waals surface area (Å²) in [7, 11) is 0.